The Kier molecular flexibility index (Phi) is 1.28. The van der Waals surface area contributed by atoms with Gasteiger partial charge < -0.3 is 0 Å². The number of hydrogen-bond donors (Lipinski definition) is 0. The highest BCUT2D eigenvalue weighted by atomic mass is 14.7. The van der Waals surface area contributed by atoms with Crippen LogP contribution >= 0.6 is 0 Å². The highest BCUT2D eigenvalue weighted by Crippen LogP contribution is 1.90. The molecule has 0 fully saturated rings. The molecule has 0 aromatic heterocycles. The molecule has 2 radical (unpaired) electrons. The van der Waals surface area contributed by atoms with Gasteiger partial charge in [-0.25, -0.2) is 0 Å². The average molecular weight is 129 g/mol. The van der Waals surface area contributed by atoms with Crippen LogP contribution in [0.1, 0.15) is 6.42 Å². The second-order valence-electron chi connectivity index (χ2n) is 2.24. The lowest BCUT2D eigenvalue weighted by Crippen LogP contribution is -2.25. The van der Waals surface area contributed by atoms with Gasteiger partial charge in [0.05, 0.1) is 5.36 Å². The Morgan fingerprint density at radius 2 is 2.20 bits per heavy atom. The Bertz CT molecular complexity index is 303. The number of nitrogens with zero attached hydrogens (tertiary/aromatic N) is 1. The van der Waals surface area contributed by atoms with Crippen molar-refractivity contribution < 1.29 is 0 Å². The van der Waals surface area contributed by atoms with Crippen LogP contribution in [-0.4, -0.2) is 0 Å². The van der Waals surface area contributed by atoms with Crippen molar-refractivity contribution in [3.05, 3.63) is 41.4 Å². The molecular weight excluding hydrogens is 122 g/mol. The van der Waals surface area contributed by atoms with Crippen LogP contribution in [0.5, 0.6) is 0 Å². The summed E-state index contributed by atoms with van der Waals surface area (Å²) in [6, 6.07) is 8.08. The molecule has 1 aliphatic heterocycles. The molecule has 0 saturated heterocycles. The maximum absolute atomic E-state index is 4.11. The lowest BCUT2D eigenvalue weighted by atomic mass is 10.2. The molecule has 0 amide bonds. The lowest BCUT2D eigenvalue weighted by Gasteiger charge is -1.95. The molecule has 0 saturated carbocycles. The number of hydrogen-bond acceptors (Lipinski definition) is 1. The molecule has 48 valence electrons. The maximum atomic E-state index is 4.11. The number of para-hydroxylation sites is 1. The van der Waals surface area contributed by atoms with Gasteiger partial charge >= 0.3 is 0 Å². The predicted octanol–water partition coefficient (Wildman–Crippen LogP) is 0.529. The summed E-state index contributed by atoms with van der Waals surface area (Å²) in [7, 11) is 0. The van der Waals surface area contributed by atoms with Crippen molar-refractivity contribution in [2.24, 2.45) is 4.99 Å². The average Bonchev–Trinajstić information content (AvgIpc) is 2.05. The molecule has 1 nitrogen and oxygen atoms in total. The topological polar surface area (TPSA) is 12.4 Å². The first-order valence-electron chi connectivity index (χ1n) is 3.33. The van der Waals surface area contributed by atoms with E-state index in [1.54, 1.807) is 0 Å². The fourth-order valence-electron chi connectivity index (χ4n) is 1.05. The minimum atomic E-state index is 0.844. The van der Waals surface area contributed by atoms with Gasteiger partial charge in [-0.2, -0.15) is 0 Å². The van der Waals surface area contributed by atoms with Gasteiger partial charge in [0.25, 0.3) is 0 Å². The van der Waals surface area contributed by atoms with E-state index >= 15 is 0 Å². The van der Waals surface area contributed by atoms with E-state index < -0.39 is 0 Å². The standard InChI is InChI=1S/C9H7N/c1-2-6-9-8(4-1)5-3-7-10-9/h1-2,4-6H,3H2. The quantitative estimate of drug-likeness (QED) is 0.484. The Morgan fingerprint density at radius 3 is 3.10 bits per heavy atom. The van der Waals surface area contributed by atoms with Gasteiger partial charge in [0.1, 0.15) is 6.54 Å². The monoisotopic (exact) mass is 129 g/mol. The summed E-state index contributed by atoms with van der Waals surface area (Å²) in [4.78, 5) is 4.11. The first kappa shape index (κ1) is 5.66. The van der Waals surface area contributed by atoms with E-state index in [2.05, 4.69) is 23.7 Å². The highest BCUT2D eigenvalue weighted by Gasteiger charge is 1.91. The first-order chi connectivity index (χ1) is 4.97. The molecule has 1 aromatic rings. The van der Waals surface area contributed by atoms with Gasteiger partial charge in [-0.3, -0.25) is 4.99 Å². The fraction of sp³-hybridized carbons (Fsp3) is 0.111. The van der Waals surface area contributed by atoms with E-state index in [0.29, 0.717) is 0 Å². The smallest absolute Gasteiger partial charge is 0.121 e. The van der Waals surface area contributed by atoms with E-state index in [1.807, 2.05) is 18.2 Å². The van der Waals surface area contributed by atoms with Gasteiger partial charge in [-0.1, -0.05) is 24.3 Å². The molecule has 1 aromatic carbocycles. The maximum Gasteiger partial charge on any atom is 0.121 e. The lowest BCUT2D eigenvalue weighted by molar-refractivity contribution is 1.09. The number of rotatable bonds is 0. The Morgan fingerprint density at radius 1 is 1.30 bits per heavy atom. The number of fused-ring (bicyclic) bond motifs is 1. The molecule has 0 unspecified atom stereocenters. The minimum absolute atomic E-state index is 0.844. The molecule has 0 N–H and O–H groups in total. The summed E-state index contributed by atoms with van der Waals surface area (Å²) in [5.74, 6) is 0. The highest BCUT2D eigenvalue weighted by molar-refractivity contribution is 5.27. The van der Waals surface area contributed by atoms with Gasteiger partial charge in [-0.15, -0.1) is 0 Å². The third-order valence-corrected chi connectivity index (χ3v) is 1.55. The summed E-state index contributed by atoms with van der Waals surface area (Å²) in [5.41, 5.74) is 0. The Hall–Kier alpha value is -1.11. The van der Waals surface area contributed by atoms with E-state index in [1.165, 1.54) is 5.22 Å². The molecule has 0 spiro atoms. The van der Waals surface area contributed by atoms with Crippen molar-refractivity contribution in [1.82, 2.24) is 0 Å². The molecule has 1 aliphatic rings. The minimum Gasteiger partial charge on any atom is -0.272 e. The van der Waals surface area contributed by atoms with Gasteiger partial charge in [-0.05, 0) is 17.7 Å². The second-order valence-corrected chi connectivity index (χ2v) is 2.24. The van der Waals surface area contributed by atoms with E-state index in [-0.39, 0.29) is 0 Å². The van der Waals surface area contributed by atoms with Crippen LogP contribution in [0.25, 0.3) is 6.08 Å². The van der Waals surface area contributed by atoms with Crippen LogP contribution in [-0.2, 0) is 0 Å². The predicted molar refractivity (Wildman–Crippen MR) is 39.5 cm³/mol. The van der Waals surface area contributed by atoms with E-state index in [9.17, 15) is 0 Å². The van der Waals surface area contributed by atoms with Crippen LogP contribution in [0.15, 0.2) is 29.3 Å². The molecule has 10 heavy (non-hydrogen) atoms. The summed E-state index contributed by atoms with van der Waals surface area (Å²) >= 11 is 0. The van der Waals surface area contributed by atoms with Gasteiger partial charge in [0.15, 0.2) is 0 Å². The first-order valence-corrected chi connectivity index (χ1v) is 3.33. The third kappa shape index (κ3) is 0.838. The summed E-state index contributed by atoms with van der Waals surface area (Å²) in [6.45, 7) is 2.91. The van der Waals surface area contributed by atoms with Crippen LogP contribution in [0, 0.1) is 6.54 Å². The van der Waals surface area contributed by atoms with Crippen molar-refractivity contribution >= 4 is 6.08 Å². The zero-order valence-corrected chi connectivity index (χ0v) is 5.54. The van der Waals surface area contributed by atoms with Crippen molar-refractivity contribution in [2.45, 2.75) is 6.42 Å². The molecule has 0 bridgehead atoms. The molecule has 0 atom stereocenters. The third-order valence-electron chi connectivity index (χ3n) is 1.55. The normalized spacial score (nSPS) is 14.8. The zero-order valence-electron chi connectivity index (χ0n) is 5.54. The van der Waals surface area contributed by atoms with Crippen molar-refractivity contribution in [1.29, 1.82) is 0 Å². The van der Waals surface area contributed by atoms with E-state index in [0.717, 1.165) is 11.8 Å². The summed E-state index contributed by atoms with van der Waals surface area (Å²) in [6.07, 6.45) is 2.97. The van der Waals surface area contributed by atoms with E-state index in [4.69, 9.17) is 0 Å². The zero-order chi connectivity index (χ0) is 6.81. The summed E-state index contributed by atoms with van der Waals surface area (Å²) in [5, 5.41) is 2.26. The molecule has 1 heterocycles. The van der Waals surface area contributed by atoms with Crippen LogP contribution in [0.3, 0.4) is 0 Å². The number of benzene rings is 1. The summed E-state index contributed by atoms with van der Waals surface area (Å²) < 4.78 is 0. The molecule has 1 heteroatoms. The molecule has 2 rings (SSSR count). The van der Waals surface area contributed by atoms with Gasteiger partial charge in [0.2, 0.25) is 0 Å². The second kappa shape index (κ2) is 2.25. The van der Waals surface area contributed by atoms with Crippen LogP contribution < -0.4 is 10.6 Å². The van der Waals surface area contributed by atoms with Crippen molar-refractivity contribution in [3.8, 4) is 0 Å². The van der Waals surface area contributed by atoms with Gasteiger partial charge in [0, 0.05) is 0 Å². The SMILES string of the molecule is [C]1CC=c2ccccc2=N1. The fourth-order valence-corrected chi connectivity index (χ4v) is 1.05. The molecule has 0 aliphatic carbocycles. The van der Waals surface area contributed by atoms with Crippen molar-refractivity contribution in [3.63, 3.8) is 0 Å². The molecular formula is C9H7N. The van der Waals surface area contributed by atoms with Crippen LogP contribution in [0.4, 0.5) is 0 Å². The van der Waals surface area contributed by atoms with Crippen molar-refractivity contribution in [2.75, 3.05) is 0 Å². The Balaban J connectivity index is 2.84. The largest absolute Gasteiger partial charge is 0.272 e. The Labute approximate surface area is 59.7 Å². The van der Waals surface area contributed by atoms with Crippen LogP contribution in [0.2, 0.25) is 0 Å².